The number of piperidine rings is 1. The van der Waals surface area contributed by atoms with Crippen LogP contribution in [0.2, 0.25) is 0 Å². The summed E-state index contributed by atoms with van der Waals surface area (Å²) in [4.78, 5) is 15.2. The van der Waals surface area contributed by atoms with Gasteiger partial charge in [-0.05, 0) is 68.6 Å². The maximum absolute atomic E-state index is 12.6. The predicted octanol–water partition coefficient (Wildman–Crippen LogP) is 4.24. The average Bonchev–Trinajstić information content (AvgIpc) is 3.04. The molecule has 0 bridgehead atoms. The van der Waals surface area contributed by atoms with Crippen molar-refractivity contribution in [1.82, 2.24) is 9.58 Å². The first-order valence-corrected chi connectivity index (χ1v) is 9.68. The molecule has 2 heterocycles. The molecule has 0 radical (unpaired) electrons. The zero-order valence-corrected chi connectivity index (χ0v) is 16.0. The van der Waals surface area contributed by atoms with Crippen LogP contribution in [0.4, 0.5) is 0 Å². The smallest absolute Gasteiger partial charge is 0.165 e. The van der Waals surface area contributed by atoms with E-state index in [9.17, 15) is 4.79 Å². The number of fused-ring (bicyclic) bond motifs is 1. The number of ketones is 1. The molecule has 0 amide bonds. The van der Waals surface area contributed by atoms with Gasteiger partial charge in [-0.15, -0.1) is 0 Å². The van der Waals surface area contributed by atoms with E-state index in [4.69, 9.17) is 0 Å². The fourth-order valence-corrected chi connectivity index (χ4v) is 3.95. The lowest BCUT2D eigenvalue weighted by molar-refractivity contribution is 0.0927. The predicted molar refractivity (Wildman–Crippen MR) is 105 cm³/mol. The summed E-state index contributed by atoms with van der Waals surface area (Å²) in [6.45, 7) is 9.80. The second-order valence-corrected chi connectivity index (χ2v) is 7.29. The summed E-state index contributed by atoms with van der Waals surface area (Å²) < 4.78 is 2.09. The van der Waals surface area contributed by atoms with Gasteiger partial charge in [0.15, 0.2) is 5.78 Å². The van der Waals surface area contributed by atoms with E-state index in [1.807, 2.05) is 20.0 Å². The van der Waals surface area contributed by atoms with Crippen molar-refractivity contribution in [3.63, 3.8) is 0 Å². The van der Waals surface area contributed by atoms with Crippen LogP contribution in [-0.2, 0) is 0 Å². The van der Waals surface area contributed by atoms with Crippen molar-refractivity contribution >= 4 is 16.7 Å². The summed E-state index contributed by atoms with van der Waals surface area (Å²) in [6, 6.07) is 6.19. The van der Waals surface area contributed by atoms with Crippen molar-refractivity contribution in [2.24, 2.45) is 5.92 Å². The summed E-state index contributed by atoms with van der Waals surface area (Å²) in [6.07, 6.45) is 5.51. The SMILES string of the molecule is CCC(C)C(=O)c1ccc2c(c1)c(C1CCN(CC)CC1)cn2NC. The molecule has 4 heteroatoms. The minimum absolute atomic E-state index is 0.0834. The van der Waals surface area contributed by atoms with Gasteiger partial charge in [0.2, 0.25) is 0 Å². The molecule has 1 aliphatic rings. The van der Waals surface area contributed by atoms with Gasteiger partial charge in [0.25, 0.3) is 0 Å². The van der Waals surface area contributed by atoms with Gasteiger partial charge in [-0.2, -0.15) is 0 Å². The Hall–Kier alpha value is -1.81. The highest BCUT2D eigenvalue weighted by Crippen LogP contribution is 2.35. The van der Waals surface area contributed by atoms with E-state index < -0.39 is 0 Å². The third-order valence-corrected chi connectivity index (χ3v) is 5.90. The first-order valence-electron chi connectivity index (χ1n) is 9.68. The molecule has 0 saturated carbocycles. The number of hydrogen-bond donors (Lipinski definition) is 1. The number of rotatable bonds is 6. The number of hydrogen-bond acceptors (Lipinski definition) is 3. The summed E-state index contributed by atoms with van der Waals surface area (Å²) in [5.41, 5.74) is 6.65. The Morgan fingerprint density at radius 3 is 2.60 bits per heavy atom. The Bertz CT molecular complexity index is 741. The van der Waals surface area contributed by atoms with E-state index in [1.54, 1.807) is 0 Å². The fourth-order valence-electron chi connectivity index (χ4n) is 3.95. The Balaban J connectivity index is 1.98. The molecule has 1 aromatic carbocycles. The van der Waals surface area contributed by atoms with Gasteiger partial charge in [0.05, 0.1) is 5.52 Å². The first kappa shape index (κ1) is 18.0. The topological polar surface area (TPSA) is 37.3 Å². The normalized spacial score (nSPS) is 17.8. The van der Waals surface area contributed by atoms with Crippen molar-refractivity contribution in [1.29, 1.82) is 0 Å². The molecule has 0 aliphatic carbocycles. The molecule has 1 unspecified atom stereocenters. The number of carbonyl (C=O) groups is 1. The molecular weight excluding hydrogens is 310 g/mol. The monoisotopic (exact) mass is 341 g/mol. The van der Waals surface area contributed by atoms with Crippen LogP contribution in [0.15, 0.2) is 24.4 Å². The molecule has 1 fully saturated rings. The fraction of sp³-hybridized carbons (Fsp3) is 0.571. The number of benzene rings is 1. The van der Waals surface area contributed by atoms with Crippen LogP contribution >= 0.6 is 0 Å². The third kappa shape index (κ3) is 3.45. The van der Waals surface area contributed by atoms with E-state index in [0.29, 0.717) is 5.92 Å². The van der Waals surface area contributed by atoms with Crippen LogP contribution in [0.3, 0.4) is 0 Å². The third-order valence-electron chi connectivity index (χ3n) is 5.90. The summed E-state index contributed by atoms with van der Waals surface area (Å²) in [5.74, 6) is 0.919. The van der Waals surface area contributed by atoms with E-state index in [0.717, 1.165) is 24.0 Å². The van der Waals surface area contributed by atoms with E-state index in [2.05, 4.69) is 47.2 Å². The van der Waals surface area contributed by atoms with E-state index in [-0.39, 0.29) is 11.7 Å². The van der Waals surface area contributed by atoms with E-state index >= 15 is 0 Å². The molecule has 2 aromatic rings. The lowest BCUT2D eigenvalue weighted by atomic mass is 9.88. The number of Topliss-reactive ketones (excluding diaryl/α,β-unsaturated/α-hetero) is 1. The maximum atomic E-state index is 12.6. The molecule has 0 spiro atoms. The average molecular weight is 341 g/mol. The Morgan fingerprint density at radius 2 is 2.00 bits per heavy atom. The van der Waals surface area contributed by atoms with Crippen LogP contribution in [-0.4, -0.2) is 42.0 Å². The number of nitrogens with zero attached hydrogens (tertiary/aromatic N) is 2. The number of nitrogens with one attached hydrogen (secondary N) is 1. The second-order valence-electron chi connectivity index (χ2n) is 7.29. The van der Waals surface area contributed by atoms with Crippen LogP contribution in [0.25, 0.3) is 10.9 Å². The minimum atomic E-state index is 0.0834. The molecule has 1 aromatic heterocycles. The van der Waals surface area contributed by atoms with Crippen LogP contribution in [0.1, 0.15) is 61.9 Å². The standard InChI is InChI=1S/C21H31N3O/c1-5-15(3)21(25)17-7-8-20-18(13-17)19(14-24(20)22-4)16-9-11-23(6-2)12-10-16/h7-8,13-16,22H,5-6,9-12H2,1-4H3. The molecule has 4 nitrogen and oxygen atoms in total. The molecule has 25 heavy (non-hydrogen) atoms. The lowest BCUT2D eigenvalue weighted by Gasteiger charge is -2.31. The molecular formula is C21H31N3O. The molecule has 1 saturated heterocycles. The highest BCUT2D eigenvalue weighted by molar-refractivity contribution is 6.01. The maximum Gasteiger partial charge on any atom is 0.165 e. The summed E-state index contributed by atoms with van der Waals surface area (Å²) in [7, 11) is 1.95. The summed E-state index contributed by atoms with van der Waals surface area (Å²) >= 11 is 0. The van der Waals surface area contributed by atoms with Gasteiger partial charge in [0.1, 0.15) is 0 Å². The highest BCUT2D eigenvalue weighted by atomic mass is 16.1. The van der Waals surface area contributed by atoms with Crippen LogP contribution in [0, 0.1) is 5.92 Å². The van der Waals surface area contributed by atoms with Gasteiger partial charge in [-0.3, -0.25) is 9.47 Å². The number of carbonyl (C=O) groups excluding carboxylic acids is 1. The highest BCUT2D eigenvalue weighted by Gasteiger charge is 2.24. The van der Waals surface area contributed by atoms with Gasteiger partial charge in [0, 0.05) is 30.1 Å². The van der Waals surface area contributed by atoms with Gasteiger partial charge >= 0.3 is 0 Å². The van der Waals surface area contributed by atoms with Gasteiger partial charge in [-0.1, -0.05) is 20.8 Å². The molecule has 1 atom stereocenters. The second kappa shape index (κ2) is 7.61. The Labute approximate surface area is 151 Å². The summed E-state index contributed by atoms with van der Waals surface area (Å²) in [5, 5.41) is 1.23. The minimum Gasteiger partial charge on any atom is -0.329 e. The Morgan fingerprint density at radius 1 is 1.28 bits per heavy atom. The van der Waals surface area contributed by atoms with E-state index in [1.165, 1.54) is 36.9 Å². The lowest BCUT2D eigenvalue weighted by Crippen LogP contribution is -2.32. The van der Waals surface area contributed by atoms with Crippen molar-refractivity contribution in [2.45, 2.75) is 46.0 Å². The molecule has 3 rings (SSSR count). The van der Waals surface area contributed by atoms with Crippen LogP contribution < -0.4 is 5.43 Å². The van der Waals surface area contributed by atoms with Crippen molar-refractivity contribution in [3.05, 3.63) is 35.5 Å². The van der Waals surface area contributed by atoms with Crippen molar-refractivity contribution in [3.8, 4) is 0 Å². The quantitative estimate of drug-likeness (QED) is 0.799. The van der Waals surface area contributed by atoms with Crippen LogP contribution in [0.5, 0.6) is 0 Å². The molecule has 1 aliphatic heterocycles. The molecule has 1 N–H and O–H groups in total. The van der Waals surface area contributed by atoms with Gasteiger partial charge < -0.3 is 10.3 Å². The largest absolute Gasteiger partial charge is 0.329 e. The Kier molecular flexibility index (Phi) is 5.48. The zero-order chi connectivity index (χ0) is 18.0. The number of aromatic nitrogens is 1. The molecule has 136 valence electrons. The number of likely N-dealkylation sites (tertiary alicyclic amines) is 1. The first-order chi connectivity index (χ1) is 12.1. The zero-order valence-electron chi connectivity index (χ0n) is 16.0. The van der Waals surface area contributed by atoms with Crippen molar-refractivity contribution in [2.75, 3.05) is 32.1 Å². The van der Waals surface area contributed by atoms with Gasteiger partial charge in [-0.25, -0.2) is 0 Å². The van der Waals surface area contributed by atoms with Crippen molar-refractivity contribution < 1.29 is 4.79 Å².